The molecule has 3 aliphatic rings. The fraction of sp³-hybridized carbons (Fsp3) is 0.714. The maximum absolute atomic E-state index is 5.30. The van der Waals surface area contributed by atoms with Gasteiger partial charge in [0.25, 0.3) is 0 Å². The van der Waals surface area contributed by atoms with Crippen LogP contribution in [-0.2, 0) is 0 Å². The zero-order valence-corrected chi connectivity index (χ0v) is 11.5. The lowest BCUT2D eigenvalue weighted by Gasteiger charge is -2.32. The Balaban J connectivity index is 1.44. The van der Waals surface area contributed by atoms with Gasteiger partial charge in [0.05, 0.1) is 0 Å². The van der Waals surface area contributed by atoms with Gasteiger partial charge < -0.3 is 5.32 Å². The Kier molecular flexibility index (Phi) is 3.64. The van der Waals surface area contributed by atoms with Crippen LogP contribution in [0.1, 0.15) is 44.9 Å². The van der Waals surface area contributed by atoms with Crippen molar-refractivity contribution in [3.63, 3.8) is 0 Å². The maximum Gasteiger partial charge on any atom is 0.187 e. The molecule has 2 atom stereocenters. The first-order valence-electron chi connectivity index (χ1n) is 7.12. The molecule has 0 aromatic rings. The van der Waals surface area contributed by atoms with Gasteiger partial charge in [0.2, 0.25) is 0 Å². The van der Waals surface area contributed by atoms with E-state index in [-0.39, 0.29) is 0 Å². The molecule has 2 N–H and O–H groups in total. The third-order valence-corrected chi connectivity index (χ3v) is 4.60. The summed E-state index contributed by atoms with van der Waals surface area (Å²) in [5, 5.41) is 8.52. The maximum atomic E-state index is 5.30. The van der Waals surface area contributed by atoms with E-state index in [0.29, 0.717) is 17.1 Å². The molecular weight excluding hydrogens is 242 g/mol. The molecular formula is C14H21N3S. The normalized spacial score (nSPS) is 33.0. The predicted octanol–water partition coefficient (Wildman–Crippen LogP) is 2.74. The highest BCUT2D eigenvalue weighted by Gasteiger charge is 2.37. The molecule has 0 bridgehead atoms. The largest absolute Gasteiger partial charge is 0.359 e. The van der Waals surface area contributed by atoms with Crippen LogP contribution < -0.4 is 10.7 Å². The first-order valence-corrected chi connectivity index (χ1v) is 7.53. The van der Waals surface area contributed by atoms with Gasteiger partial charge in [-0.05, 0) is 43.8 Å². The Bertz CT molecular complexity index is 383. The summed E-state index contributed by atoms with van der Waals surface area (Å²) in [4.78, 5) is 0. The summed E-state index contributed by atoms with van der Waals surface area (Å²) in [6, 6.07) is 0.555. The number of hydrazone groups is 1. The highest BCUT2D eigenvalue weighted by atomic mass is 32.1. The topological polar surface area (TPSA) is 36.4 Å². The van der Waals surface area contributed by atoms with Crippen molar-refractivity contribution in [3.05, 3.63) is 12.2 Å². The molecule has 0 aromatic carbocycles. The summed E-state index contributed by atoms with van der Waals surface area (Å²) in [7, 11) is 0. The second-order valence-electron chi connectivity index (χ2n) is 5.68. The highest BCUT2D eigenvalue weighted by molar-refractivity contribution is 7.80. The number of allylic oxidation sites excluding steroid dienone is 2. The van der Waals surface area contributed by atoms with Crippen LogP contribution in [0.4, 0.5) is 0 Å². The number of fused-ring (bicyclic) bond motifs is 1. The van der Waals surface area contributed by atoms with Crippen LogP contribution in [0.15, 0.2) is 17.3 Å². The number of nitrogens with zero attached hydrogens (tertiary/aromatic N) is 1. The molecule has 0 spiro atoms. The molecule has 3 nitrogen and oxygen atoms in total. The summed E-state index contributed by atoms with van der Waals surface area (Å²) in [6.45, 7) is 0. The number of thiocarbonyl (C=S) groups is 1. The minimum atomic E-state index is 0.555. The standard InChI is InChI=1S/C14H21N3S/c18-14(15-11-6-2-1-3-7-11)17-16-13-9-10-5-4-8-12(10)13/h4,8,10-12H,1-3,5-7,9H2,(H2,15,17,18)/b16-13+. The molecule has 2 unspecified atom stereocenters. The van der Waals surface area contributed by atoms with E-state index in [9.17, 15) is 0 Å². The monoisotopic (exact) mass is 263 g/mol. The molecule has 3 rings (SSSR count). The average Bonchev–Trinajstić information content (AvgIpc) is 2.72. The molecule has 0 aliphatic heterocycles. The van der Waals surface area contributed by atoms with E-state index in [4.69, 9.17) is 12.2 Å². The van der Waals surface area contributed by atoms with Crippen LogP contribution >= 0.6 is 12.2 Å². The van der Waals surface area contributed by atoms with Crippen molar-refractivity contribution >= 4 is 23.0 Å². The third-order valence-electron chi connectivity index (χ3n) is 4.39. The van der Waals surface area contributed by atoms with E-state index in [1.54, 1.807) is 0 Å². The van der Waals surface area contributed by atoms with Crippen LogP contribution in [0.25, 0.3) is 0 Å². The lowest BCUT2D eigenvalue weighted by atomic mass is 9.74. The minimum absolute atomic E-state index is 0.555. The smallest absolute Gasteiger partial charge is 0.187 e. The number of hydrogen-bond donors (Lipinski definition) is 2. The average molecular weight is 263 g/mol. The van der Waals surface area contributed by atoms with Crippen LogP contribution in [0.3, 0.4) is 0 Å². The summed E-state index contributed by atoms with van der Waals surface area (Å²) in [5.41, 5.74) is 4.28. The Morgan fingerprint density at radius 2 is 2.11 bits per heavy atom. The Labute approximate surface area is 114 Å². The van der Waals surface area contributed by atoms with Crippen molar-refractivity contribution in [2.75, 3.05) is 0 Å². The molecule has 0 radical (unpaired) electrons. The molecule has 4 heteroatoms. The van der Waals surface area contributed by atoms with Gasteiger partial charge in [-0.25, -0.2) is 0 Å². The number of rotatable bonds is 2. The van der Waals surface area contributed by atoms with Crippen molar-refractivity contribution in [3.8, 4) is 0 Å². The summed E-state index contributed by atoms with van der Waals surface area (Å²) in [6.07, 6.45) is 13.4. The summed E-state index contributed by atoms with van der Waals surface area (Å²) >= 11 is 5.30. The minimum Gasteiger partial charge on any atom is -0.359 e. The molecule has 3 aliphatic carbocycles. The highest BCUT2D eigenvalue weighted by Crippen LogP contribution is 2.40. The zero-order chi connectivity index (χ0) is 12.4. The van der Waals surface area contributed by atoms with Crippen LogP contribution in [0.2, 0.25) is 0 Å². The Morgan fingerprint density at radius 1 is 1.28 bits per heavy atom. The summed E-state index contributed by atoms with van der Waals surface area (Å²) in [5.74, 6) is 1.42. The van der Waals surface area contributed by atoms with Gasteiger partial charge in [0.15, 0.2) is 5.11 Å². The molecule has 98 valence electrons. The van der Waals surface area contributed by atoms with Crippen molar-refractivity contribution in [1.29, 1.82) is 0 Å². The van der Waals surface area contributed by atoms with Gasteiger partial charge in [0, 0.05) is 17.7 Å². The predicted molar refractivity (Wildman–Crippen MR) is 78.5 cm³/mol. The fourth-order valence-electron chi connectivity index (χ4n) is 3.25. The van der Waals surface area contributed by atoms with Crippen molar-refractivity contribution < 1.29 is 0 Å². The third kappa shape index (κ3) is 2.58. The number of hydrogen-bond acceptors (Lipinski definition) is 2. The van der Waals surface area contributed by atoms with Crippen LogP contribution in [0, 0.1) is 11.8 Å². The van der Waals surface area contributed by atoms with Crippen LogP contribution in [-0.4, -0.2) is 16.9 Å². The quantitative estimate of drug-likeness (QED) is 0.457. The van der Waals surface area contributed by atoms with Crippen molar-refractivity contribution in [2.24, 2.45) is 16.9 Å². The van der Waals surface area contributed by atoms with Gasteiger partial charge in [-0.2, -0.15) is 5.10 Å². The molecule has 18 heavy (non-hydrogen) atoms. The molecule has 0 amide bonds. The van der Waals surface area contributed by atoms with E-state index in [0.717, 1.165) is 12.3 Å². The van der Waals surface area contributed by atoms with Crippen LogP contribution in [0.5, 0.6) is 0 Å². The van der Waals surface area contributed by atoms with E-state index in [1.807, 2.05) is 0 Å². The molecule has 0 aromatic heterocycles. The zero-order valence-electron chi connectivity index (χ0n) is 10.7. The van der Waals surface area contributed by atoms with E-state index >= 15 is 0 Å². The molecule has 2 saturated carbocycles. The second-order valence-corrected chi connectivity index (χ2v) is 6.09. The van der Waals surface area contributed by atoms with Gasteiger partial charge >= 0.3 is 0 Å². The van der Waals surface area contributed by atoms with Gasteiger partial charge in [-0.1, -0.05) is 31.4 Å². The fourth-order valence-corrected chi connectivity index (χ4v) is 3.46. The molecule has 0 saturated heterocycles. The molecule has 2 fully saturated rings. The Morgan fingerprint density at radius 3 is 2.89 bits per heavy atom. The lowest BCUT2D eigenvalue weighted by Crippen LogP contribution is -2.42. The van der Waals surface area contributed by atoms with E-state index < -0.39 is 0 Å². The van der Waals surface area contributed by atoms with Gasteiger partial charge in [-0.15, -0.1) is 0 Å². The first kappa shape index (κ1) is 12.2. The SMILES string of the molecule is S=C(N/N=C1\CC2CC=CC12)NC1CCCCC1. The second kappa shape index (κ2) is 5.39. The molecule has 0 heterocycles. The van der Waals surface area contributed by atoms with Gasteiger partial charge in [0.1, 0.15) is 0 Å². The first-order chi connectivity index (χ1) is 8.83. The lowest BCUT2D eigenvalue weighted by molar-refractivity contribution is 0.411. The van der Waals surface area contributed by atoms with Crippen molar-refractivity contribution in [1.82, 2.24) is 10.7 Å². The van der Waals surface area contributed by atoms with E-state index in [1.165, 1.54) is 44.2 Å². The summed E-state index contributed by atoms with van der Waals surface area (Å²) < 4.78 is 0. The Hall–Kier alpha value is -0.900. The van der Waals surface area contributed by atoms with E-state index in [2.05, 4.69) is 28.0 Å². The van der Waals surface area contributed by atoms with Gasteiger partial charge in [-0.3, -0.25) is 5.43 Å². The number of nitrogens with one attached hydrogen (secondary N) is 2. The van der Waals surface area contributed by atoms with Crippen molar-refractivity contribution in [2.45, 2.75) is 51.0 Å².